The monoisotopic (exact) mass is 241 g/mol. The zero-order chi connectivity index (χ0) is 13.0. The fourth-order valence-corrected chi connectivity index (χ4v) is 1.96. The lowest BCUT2D eigenvalue weighted by Crippen LogP contribution is -2.06. The molecule has 2 aromatic rings. The van der Waals surface area contributed by atoms with Gasteiger partial charge in [0.25, 0.3) is 0 Å². The topological polar surface area (TPSA) is 22.0 Å². The second-order valence-corrected chi connectivity index (χ2v) is 4.89. The number of hydrogen-bond donors (Lipinski definition) is 0. The summed E-state index contributed by atoms with van der Waals surface area (Å²) in [5.41, 5.74) is 2.14. The summed E-state index contributed by atoms with van der Waals surface area (Å²) < 4.78 is 2.09. The maximum absolute atomic E-state index is 11.8. The smallest absolute Gasteiger partial charge is 0.166 e. The SMILES string of the molecule is CC(C)C(=O)c1ccn(CCc2ccccc2)c1. The third kappa shape index (κ3) is 3.10. The molecule has 2 nitrogen and oxygen atoms in total. The molecule has 1 heterocycles. The summed E-state index contributed by atoms with van der Waals surface area (Å²) in [6, 6.07) is 12.3. The first kappa shape index (κ1) is 12.6. The summed E-state index contributed by atoms with van der Waals surface area (Å²) >= 11 is 0. The van der Waals surface area contributed by atoms with Gasteiger partial charge in [0, 0.05) is 30.4 Å². The normalized spacial score (nSPS) is 10.8. The van der Waals surface area contributed by atoms with Crippen molar-refractivity contribution >= 4 is 5.78 Å². The lowest BCUT2D eigenvalue weighted by Gasteiger charge is -2.03. The van der Waals surface area contributed by atoms with E-state index in [4.69, 9.17) is 0 Å². The third-order valence-electron chi connectivity index (χ3n) is 3.06. The fraction of sp³-hybridized carbons (Fsp3) is 0.312. The maximum atomic E-state index is 11.8. The zero-order valence-electron chi connectivity index (χ0n) is 11.0. The molecule has 1 aromatic carbocycles. The van der Waals surface area contributed by atoms with Crippen LogP contribution >= 0.6 is 0 Å². The standard InChI is InChI=1S/C16H19NO/c1-13(2)16(18)15-9-11-17(12-15)10-8-14-6-4-3-5-7-14/h3-7,9,11-13H,8,10H2,1-2H3. The van der Waals surface area contributed by atoms with E-state index in [1.54, 1.807) is 0 Å². The minimum absolute atomic E-state index is 0.0648. The molecule has 0 radical (unpaired) electrons. The highest BCUT2D eigenvalue weighted by Crippen LogP contribution is 2.10. The van der Waals surface area contributed by atoms with Crippen LogP contribution in [-0.2, 0) is 13.0 Å². The molecule has 0 aliphatic rings. The molecule has 0 saturated carbocycles. The quantitative estimate of drug-likeness (QED) is 0.733. The van der Waals surface area contributed by atoms with Crippen LogP contribution in [0, 0.1) is 5.92 Å². The molecule has 0 aliphatic carbocycles. The number of rotatable bonds is 5. The van der Waals surface area contributed by atoms with Crippen molar-refractivity contribution in [3.05, 3.63) is 59.9 Å². The summed E-state index contributed by atoms with van der Waals surface area (Å²) in [5.74, 6) is 0.281. The van der Waals surface area contributed by atoms with Crippen LogP contribution in [0.5, 0.6) is 0 Å². The highest BCUT2D eigenvalue weighted by molar-refractivity contribution is 5.97. The molecule has 94 valence electrons. The van der Waals surface area contributed by atoms with Crippen LogP contribution in [0.3, 0.4) is 0 Å². The number of aromatic nitrogens is 1. The Morgan fingerprint density at radius 1 is 1.17 bits per heavy atom. The average Bonchev–Trinajstić information content (AvgIpc) is 2.85. The van der Waals surface area contributed by atoms with Gasteiger partial charge < -0.3 is 4.57 Å². The van der Waals surface area contributed by atoms with Gasteiger partial charge in [-0.25, -0.2) is 0 Å². The van der Waals surface area contributed by atoms with E-state index in [1.165, 1.54) is 5.56 Å². The van der Waals surface area contributed by atoms with Crippen molar-refractivity contribution < 1.29 is 4.79 Å². The number of Topliss-reactive ketones (excluding diaryl/α,β-unsaturated/α-hetero) is 1. The Bertz CT molecular complexity index is 511. The van der Waals surface area contributed by atoms with E-state index in [0.29, 0.717) is 0 Å². The van der Waals surface area contributed by atoms with Crippen LogP contribution in [0.25, 0.3) is 0 Å². The predicted molar refractivity (Wildman–Crippen MR) is 73.7 cm³/mol. The Kier molecular flexibility index (Phi) is 3.98. The zero-order valence-corrected chi connectivity index (χ0v) is 11.0. The number of aryl methyl sites for hydroxylation is 2. The van der Waals surface area contributed by atoms with Gasteiger partial charge >= 0.3 is 0 Å². The molecule has 0 saturated heterocycles. The molecular weight excluding hydrogens is 222 g/mol. The van der Waals surface area contributed by atoms with Crippen molar-refractivity contribution in [3.8, 4) is 0 Å². The van der Waals surface area contributed by atoms with E-state index in [0.717, 1.165) is 18.5 Å². The number of carbonyl (C=O) groups is 1. The van der Waals surface area contributed by atoms with E-state index in [2.05, 4.69) is 28.8 Å². The van der Waals surface area contributed by atoms with Gasteiger partial charge in [-0.2, -0.15) is 0 Å². The molecule has 0 N–H and O–H groups in total. The maximum Gasteiger partial charge on any atom is 0.166 e. The first-order chi connectivity index (χ1) is 8.66. The van der Waals surface area contributed by atoms with Gasteiger partial charge in [-0.3, -0.25) is 4.79 Å². The first-order valence-corrected chi connectivity index (χ1v) is 6.41. The molecule has 0 unspecified atom stereocenters. The summed E-state index contributed by atoms with van der Waals surface area (Å²) in [6.07, 6.45) is 4.93. The van der Waals surface area contributed by atoms with Crippen molar-refractivity contribution in [2.45, 2.75) is 26.8 Å². The molecule has 1 aromatic heterocycles. The van der Waals surface area contributed by atoms with Gasteiger partial charge in [-0.05, 0) is 18.1 Å². The van der Waals surface area contributed by atoms with E-state index in [1.807, 2.05) is 38.4 Å². The molecule has 18 heavy (non-hydrogen) atoms. The fourth-order valence-electron chi connectivity index (χ4n) is 1.96. The molecule has 0 fully saturated rings. The first-order valence-electron chi connectivity index (χ1n) is 6.41. The molecule has 0 aliphatic heterocycles. The third-order valence-corrected chi connectivity index (χ3v) is 3.06. The largest absolute Gasteiger partial charge is 0.353 e. The summed E-state index contributed by atoms with van der Waals surface area (Å²) in [7, 11) is 0. The number of benzene rings is 1. The lowest BCUT2D eigenvalue weighted by molar-refractivity contribution is 0.0939. The van der Waals surface area contributed by atoms with Crippen LogP contribution in [0.2, 0.25) is 0 Å². The van der Waals surface area contributed by atoms with Gasteiger partial charge in [-0.1, -0.05) is 44.2 Å². The molecule has 2 rings (SSSR count). The van der Waals surface area contributed by atoms with Crippen molar-refractivity contribution in [1.29, 1.82) is 0 Å². The summed E-state index contributed by atoms with van der Waals surface area (Å²) in [5, 5.41) is 0. The van der Waals surface area contributed by atoms with Crippen LogP contribution in [0.15, 0.2) is 48.8 Å². The summed E-state index contributed by atoms with van der Waals surface area (Å²) in [6.45, 7) is 4.78. The highest BCUT2D eigenvalue weighted by Gasteiger charge is 2.11. The Balaban J connectivity index is 1.97. The van der Waals surface area contributed by atoms with Gasteiger partial charge in [0.05, 0.1) is 0 Å². The summed E-state index contributed by atoms with van der Waals surface area (Å²) in [4.78, 5) is 11.8. The van der Waals surface area contributed by atoms with Crippen molar-refractivity contribution in [2.75, 3.05) is 0 Å². The lowest BCUT2D eigenvalue weighted by atomic mass is 10.0. The van der Waals surface area contributed by atoms with Gasteiger partial charge in [0.15, 0.2) is 5.78 Å². The molecule has 0 spiro atoms. The number of ketones is 1. The number of hydrogen-bond acceptors (Lipinski definition) is 1. The van der Waals surface area contributed by atoms with E-state index < -0.39 is 0 Å². The Morgan fingerprint density at radius 3 is 2.56 bits per heavy atom. The minimum atomic E-state index is 0.0648. The van der Waals surface area contributed by atoms with Crippen molar-refractivity contribution in [3.63, 3.8) is 0 Å². The van der Waals surface area contributed by atoms with E-state index in [-0.39, 0.29) is 11.7 Å². The highest BCUT2D eigenvalue weighted by atomic mass is 16.1. The van der Waals surface area contributed by atoms with Crippen molar-refractivity contribution in [2.24, 2.45) is 5.92 Å². The van der Waals surface area contributed by atoms with Crippen LogP contribution in [0.1, 0.15) is 29.8 Å². The van der Waals surface area contributed by atoms with Crippen LogP contribution < -0.4 is 0 Å². The van der Waals surface area contributed by atoms with Gasteiger partial charge in [0.1, 0.15) is 0 Å². The Morgan fingerprint density at radius 2 is 1.89 bits per heavy atom. The van der Waals surface area contributed by atoms with Crippen LogP contribution in [-0.4, -0.2) is 10.4 Å². The van der Waals surface area contributed by atoms with Gasteiger partial charge in [0.2, 0.25) is 0 Å². The molecular formula is C16H19NO. The van der Waals surface area contributed by atoms with E-state index >= 15 is 0 Å². The minimum Gasteiger partial charge on any atom is -0.353 e. The van der Waals surface area contributed by atoms with E-state index in [9.17, 15) is 4.79 Å². The molecule has 0 bridgehead atoms. The predicted octanol–water partition coefficient (Wildman–Crippen LogP) is 3.57. The average molecular weight is 241 g/mol. The number of nitrogens with zero attached hydrogens (tertiary/aromatic N) is 1. The van der Waals surface area contributed by atoms with Gasteiger partial charge in [-0.15, -0.1) is 0 Å². The second kappa shape index (κ2) is 5.67. The Labute approximate surface area is 108 Å². The Hall–Kier alpha value is -1.83. The molecule has 2 heteroatoms. The number of carbonyl (C=O) groups excluding carboxylic acids is 1. The second-order valence-electron chi connectivity index (χ2n) is 4.89. The van der Waals surface area contributed by atoms with Crippen LogP contribution in [0.4, 0.5) is 0 Å². The molecule has 0 atom stereocenters. The van der Waals surface area contributed by atoms with Crippen molar-refractivity contribution in [1.82, 2.24) is 4.57 Å². The molecule has 0 amide bonds.